The van der Waals surface area contributed by atoms with Crippen LogP contribution in [0, 0.1) is 6.92 Å². The van der Waals surface area contributed by atoms with Gasteiger partial charge in [0.15, 0.2) is 5.78 Å². The van der Waals surface area contributed by atoms with Crippen LogP contribution in [0.4, 0.5) is 0 Å². The summed E-state index contributed by atoms with van der Waals surface area (Å²) in [5.74, 6) is 1.51. The zero-order chi connectivity index (χ0) is 16.2. The minimum Gasteiger partial charge on any atom is -0.457 e. The number of rotatable bonds is 5. The van der Waals surface area contributed by atoms with Crippen LogP contribution in [0.1, 0.15) is 15.2 Å². The number of benzene rings is 2. The lowest BCUT2D eigenvalue weighted by molar-refractivity contribution is 0.102. The molecular weight excluding hydrogens is 374 g/mol. The molecule has 23 heavy (non-hydrogen) atoms. The Morgan fingerprint density at radius 3 is 2.22 bits per heavy atom. The highest BCUT2D eigenvalue weighted by atomic mass is 79.9. The van der Waals surface area contributed by atoms with E-state index in [0.717, 1.165) is 16.3 Å². The number of hydrogen-bond acceptors (Lipinski definition) is 4. The van der Waals surface area contributed by atoms with Crippen LogP contribution in [-0.4, -0.2) is 16.1 Å². The Kier molecular flexibility index (Phi) is 4.88. The number of carbonyl (C=O) groups is 1. The Morgan fingerprint density at radius 1 is 1.09 bits per heavy atom. The van der Waals surface area contributed by atoms with Crippen molar-refractivity contribution in [3.05, 3.63) is 65.2 Å². The highest BCUT2D eigenvalue weighted by Crippen LogP contribution is 2.28. The molecule has 3 aromatic rings. The lowest BCUT2D eigenvalue weighted by Crippen LogP contribution is -1.99. The molecule has 0 saturated heterocycles. The van der Waals surface area contributed by atoms with Gasteiger partial charge in [-0.3, -0.25) is 4.79 Å². The molecule has 0 saturated carbocycles. The quantitative estimate of drug-likeness (QED) is 0.429. The van der Waals surface area contributed by atoms with Gasteiger partial charge < -0.3 is 4.74 Å². The molecule has 0 N–H and O–H groups in total. The lowest BCUT2D eigenvalue weighted by Gasteiger charge is -2.07. The summed E-state index contributed by atoms with van der Waals surface area (Å²) in [6.45, 7) is 2.04. The Bertz CT molecular complexity index is 810. The molecule has 0 aliphatic rings. The highest BCUT2D eigenvalue weighted by Gasteiger charge is 2.05. The molecule has 3 nitrogen and oxygen atoms in total. The molecule has 0 aliphatic heterocycles. The van der Waals surface area contributed by atoms with Gasteiger partial charge in [0.05, 0.1) is 5.33 Å². The van der Waals surface area contributed by atoms with Crippen molar-refractivity contribution in [2.45, 2.75) is 6.92 Å². The van der Waals surface area contributed by atoms with E-state index in [-0.39, 0.29) is 5.78 Å². The lowest BCUT2D eigenvalue weighted by atomic mass is 10.1. The maximum Gasteiger partial charge on any atom is 0.173 e. The third-order valence-corrected chi connectivity index (χ3v) is 4.73. The zero-order valence-corrected chi connectivity index (χ0v) is 14.9. The number of carbonyl (C=O) groups excluding carboxylic acids is 1. The maximum absolute atomic E-state index is 11.6. The average Bonchev–Trinajstić information content (AvgIpc) is 3.02. The van der Waals surface area contributed by atoms with Gasteiger partial charge in [0, 0.05) is 22.2 Å². The van der Waals surface area contributed by atoms with E-state index in [2.05, 4.69) is 20.9 Å². The average molecular weight is 388 g/mol. The number of Topliss-reactive ketones (excluding diaryl/α,β-unsaturated/α-hetero) is 1. The van der Waals surface area contributed by atoms with Crippen LogP contribution < -0.4 is 4.74 Å². The van der Waals surface area contributed by atoms with Gasteiger partial charge in [-0.15, -0.1) is 11.3 Å². The largest absolute Gasteiger partial charge is 0.457 e. The van der Waals surface area contributed by atoms with Gasteiger partial charge in [-0.05, 0) is 55.5 Å². The first-order valence-electron chi connectivity index (χ1n) is 7.05. The molecule has 116 valence electrons. The number of ether oxygens (including phenoxy) is 1. The van der Waals surface area contributed by atoms with Gasteiger partial charge in [0.25, 0.3) is 0 Å². The molecule has 2 aromatic carbocycles. The predicted octanol–water partition coefficient (Wildman–Crippen LogP) is 5.49. The summed E-state index contributed by atoms with van der Waals surface area (Å²) in [6.07, 6.45) is 1.88. The van der Waals surface area contributed by atoms with Crippen molar-refractivity contribution in [2.75, 3.05) is 5.33 Å². The summed E-state index contributed by atoms with van der Waals surface area (Å²) < 4.78 is 5.80. The summed E-state index contributed by atoms with van der Waals surface area (Å²) in [4.78, 5) is 17.1. The SMILES string of the molecule is Cc1cnc(-c2ccc(Oc3ccc(C(=O)CBr)cc3)cc2)s1. The van der Waals surface area contributed by atoms with Gasteiger partial charge >= 0.3 is 0 Å². The summed E-state index contributed by atoms with van der Waals surface area (Å²) in [5, 5.41) is 1.33. The molecule has 0 bridgehead atoms. The molecule has 0 spiro atoms. The van der Waals surface area contributed by atoms with Crippen molar-refractivity contribution in [2.24, 2.45) is 0 Å². The molecule has 3 rings (SSSR count). The first-order valence-corrected chi connectivity index (χ1v) is 8.99. The normalized spacial score (nSPS) is 10.5. The van der Waals surface area contributed by atoms with Gasteiger partial charge in [0.1, 0.15) is 16.5 Å². The fourth-order valence-electron chi connectivity index (χ4n) is 2.08. The number of nitrogens with zero attached hydrogens (tertiary/aromatic N) is 1. The van der Waals surface area contributed by atoms with Crippen molar-refractivity contribution in [1.82, 2.24) is 4.98 Å². The zero-order valence-electron chi connectivity index (χ0n) is 12.5. The van der Waals surface area contributed by atoms with Crippen molar-refractivity contribution in [1.29, 1.82) is 0 Å². The molecule has 1 aromatic heterocycles. The minimum absolute atomic E-state index is 0.0552. The second-order valence-corrected chi connectivity index (χ2v) is 6.78. The van der Waals surface area contributed by atoms with Crippen LogP contribution in [0.2, 0.25) is 0 Å². The molecule has 5 heteroatoms. The van der Waals surface area contributed by atoms with Crippen molar-refractivity contribution in [3.63, 3.8) is 0 Å². The Hall–Kier alpha value is -1.98. The van der Waals surface area contributed by atoms with E-state index in [1.165, 1.54) is 4.88 Å². The number of aryl methyl sites for hydroxylation is 1. The monoisotopic (exact) mass is 387 g/mol. The molecular formula is C18H14BrNO2S. The van der Waals surface area contributed by atoms with Gasteiger partial charge in [-0.2, -0.15) is 0 Å². The van der Waals surface area contributed by atoms with Crippen molar-refractivity contribution < 1.29 is 9.53 Å². The molecule has 0 fully saturated rings. The van der Waals surface area contributed by atoms with Crippen LogP contribution >= 0.6 is 27.3 Å². The van der Waals surface area contributed by atoms with Crippen LogP contribution in [0.3, 0.4) is 0 Å². The fourth-order valence-corrected chi connectivity index (χ4v) is 3.17. The van der Waals surface area contributed by atoms with E-state index in [9.17, 15) is 4.79 Å². The summed E-state index contributed by atoms with van der Waals surface area (Å²) >= 11 is 4.84. The second kappa shape index (κ2) is 7.06. The fraction of sp³-hybridized carbons (Fsp3) is 0.111. The summed E-state index contributed by atoms with van der Waals surface area (Å²) in [6, 6.07) is 15.0. The van der Waals surface area contributed by atoms with Gasteiger partial charge in [-0.1, -0.05) is 15.9 Å². The number of thiazole rings is 1. The number of ketones is 1. The second-order valence-electron chi connectivity index (χ2n) is 4.98. The molecule has 0 atom stereocenters. The van der Waals surface area contributed by atoms with Crippen molar-refractivity contribution in [3.8, 4) is 22.1 Å². The molecule has 1 heterocycles. The highest BCUT2D eigenvalue weighted by molar-refractivity contribution is 9.09. The Balaban J connectivity index is 1.72. The first-order chi connectivity index (χ1) is 11.2. The molecule has 0 radical (unpaired) electrons. The molecule has 0 aliphatic carbocycles. The Morgan fingerprint density at radius 2 is 1.70 bits per heavy atom. The smallest absolute Gasteiger partial charge is 0.173 e. The predicted molar refractivity (Wildman–Crippen MR) is 96.9 cm³/mol. The number of aromatic nitrogens is 1. The molecule has 0 unspecified atom stereocenters. The van der Waals surface area contributed by atoms with Gasteiger partial charge in [-0.25, -0.2) is 4.98 Å². The minimum atomic E-state index is 0.0552. The van der Waals surface area contributed by atoms with Crippen LogP contribution in [-0.2, 0) is 0 Å². The Labute approximate surface area is 147 Å². The summed E-state index contributed by atoms with van der Waals surface area (Å²) in [7, 11) is 0. The van der Waals surface area contributed by atoms with E-state index < -0.39 is 0 Å². The topological polar surface area (TPSA) is 39.2 Å². The van der Waals surface area contributed by atoms with Crippen LogP contribution in [0.25, 0.3) is 10.6 Å². The number of halogens is 1. The first kappa shape index (κ1) is 15.9. The summed E-state index contributed by atoms with van der Waals surface area (Å²) in [5.41, 5.74) is 1.75. The van der Waals surface area contributed by atoms with Gasteiger partial charge in [0.2, 0.25) is 0 Å². The van der Waals surface area contributed by atoms with E-state index >= 15 is 0 Å². The standard InChI is InChI=1S/C18H14BrNO2S/c1-12-11-20-18(23-12)14-4-8-16(9-5-14)22-15-6-2-13(3-7-15)17(21)10-19/h2-9,11H,10H2,1H3. The third-order valence-electron chi connectivity index (χ3n) is 3.26. The maximum atomic E-state index is 11.6. The van der Waals surface area contributed by atoms with E-state index in [1.54, 1.807) is 35.6 Å². The molecule has 0 amide bonds. The van der Waals surface area contributed by atoms with E-state index in [1.807, 2.05) is 37.4 Å². The van der Waals surface area contributed by atoms with Crippen LogP contribution in [0.5, 0.6) is 11.5 Å². The van der Waals surface area contributed by atoms with E-state index in [4.69, 9.17) is 4.74 Å². The number of hydrogen-bond donors (Lipinski definition) is 0. The third kappa shape index (κ3) is 3.86. The van der Waals surface area contributed by atoms with Crippen LogP contribution in [0.15, 0.2) is 54.7 Å². The number of alkyl halides is 1. The van der Waals surface area contributed by atoms with E-state index in [0.29, 0.717) is 16.6 Å². The van der Waals surface area contributed by atoms with Crippen molar-refractivity contribution >= 4 is 33.0 Å².